The number of nitrogens with zero attached hydrogens (tertiary/aromatic N) is 3. The summed E-state index contributed by atoms with van der Waals surface area (Å²) in [6.07, 6.45) is 0. The highest BCUT2D eigenvalue weighted by Gasteiger charge is 2.26. The summed E-state index contributed by atoms with van der Waals surface area (Å²) in [5.74, 6) is -0.296. The van der Waals surface area contributed by atoms with Gasteiger partial charge in [0, 0.05) is 32.7 Å². The van der Waals surface area contributed by atoms with Crippen molar-refractivity contribution in [1.82, 2.24) is 14.5 Å². The van der Waals surface area contributed by atoms with Crippen molar-refractivity contribution in [2.24, 2.45) is 0 Å². The molecule has 2 heterocycles. The molecule has 1 aromatic carbocycles. The fourth-order valence-corrected chi connectivity index (χ4v) is 3.54. The van der Waals surface area contributed by atoms with Crippen LogP contribution < -0.4 is 4.72 Å². The summed E-state index contributed by atoms with van der Waals surface area (Å²) in [7, 11) is -2.42. The normalized spacial score (nSPS) is 15.5. The van der Waals surface area contributed by atoms with Crippen LogP contribution in [0.4, 0.5) is 0 Å². The van der Waals surface area contributed by atoms with E-state index in [1.54, 1.807) is 17.0 Å². The molecule has 1 aliphatic rings. The number of nitriles is 1. The van der Waals surface area contributed by atoms with E-state index in [0.717, 1.165) is 12.1 Å². The Morgan fingerprint density at radius 3 is 2.41 bits per heavy atom. The molecule has 8 nitrogen and oxygen atoms in total. The molecule has 0 unspecified atom stereocenters. The fraction of sp³-hybridized carbons (Fsp3) is 0.333. The minimum atomic E-state index is -3.71. The number of rotatable bonds is 5. The average molecular weight is 388 g/mol. The second-order valence-corrected chi connectivity index (χ2v) is 8.02. The molecule has 0 spiro atoms. The van der Waals surface area contributed by atoms with Gasteiger partial charge in [-0.25, -0.2) is 13.1 Å². The molecule has 142 valence electrons. The molecule has 0 bridgehead atoms. The summed E-state index contributed by atoms with van der Waals surface area (Å²) < 4.78 is 30.8. The van der Waals surface area contributed by atoms with Gasteiger partial charge in [-0.1, -0.05) is 12.1 Å². The molecule has 27 heavy (non-hydrogen) atoms. The Bertz CT molecular complexity index is 952. The van der Waals surface area contributed by atoms with Crippen LogP contribution in [0.3, 0.4) is 0 Å². The number of sulfonamides is 1. The van der Waals surface area contributed by atoms with Gasteiger partial charge in [0.25, 0.3) is 15.9 Å². The third-order valence-corrected chi connectivity index (χ3v) is 5.76. The highest BCUT2D eigenvalue weighted by molar-refractivity contribution is 7.89. The zero-order chi connectivity index (χ0) is 19.4. The minimum Gasteiger partial charge on any atom is -0.438 e. The molecule has 1 aliphatic heterocycles. The Balaban J connectivity index is 1.57. The van der Waals surface area contributed by atoms with E-state index in [0.29, 0.717) is 31.7 Å². The van der Waals surface area contributed by atoms with Crippen molar-refractivity contribution in [3.8, 4) is 6.07 Å². The Hall–Kier alpha value is -2.67. The van der Waals surface area contributed by atoms with Crippen LogP contribution in [0.1, 0.15) is 21.7 Å². The first-order chi connectivity index (χ1) is 12.9. The van der Waals surface area contributed by atoms with Gasteiger partial charge >= 0.3 is 0 Å². The van der Waals surface area contributed by atoms with Gasteiger partial charge in [0.05, 0.1) is 11.6 Å². The van der Waals surface area contributed by atoms with Crippen LogP contribution in [0.2, 0.25) is 0 Å². The van der Waals surface area contributed by atoms with E-state index in [4.69, 9.17) is 9.68 Å². The van der Waals surface area contributed by atoms with E-state index >= 15 is 0 Å². The third kappa shape index (κ3) is 4.36. The number of furan rings is 1. The maximum Gasteiger partial charge on any atom is 0.289 e. The van der Waals surface area contributed by atoms with E-state index in [-0.39, 0.29) is 16.8 Å². The minimum absolute atomic E-state index is 0.0179. The molecule has 0 radical (unpaired) electrons. The summed E-state index contributed by atoms with van der Waals surface area (Å²) in [6, 6.07) is 12.2. The summed E-state index contributed by atoms with van der Waals surface area (Å²) in [5.41, 5.74) is 1.74. The number of hydrogen-bond acceptors (Lipinski definition) is 6. The zero-order valence-corrected chi connectivity index (χ0v) is 15.7. The molecule has 0 atom stereocenters. The first-order valence-corrected chi connectivity index (χ1v) is 9.95. The first kappa shape index (κ1) is 19.1. The van der Waals surface area contributed by atoms with Crippen molar-refractivity contribution in [3.05, 3.63) is 53.3 Å². The lowest BCUT2D eigenvalue weighted by molar-refractivity contribution is 0.0592. The summed E-state index contributed by atoms with van der Waals surface area (Å²) >= 11 is 0. The average Bonchev–Trinajstić information content (AvgIpc) is 3.20. The van der Waals surface area contributed by atoms with Crippen molar-refractivity contribution in [3.63, 3.8) is 0 Å². The van der Waals surface area contributed by atoms with E-state index < -0.39 is 10.0 Å². The monoisotopic (exact) mass is 388 g/mol. The molecule has 1 aromatic heterocycles. The Morgan fingerprint density at radius 2 is 1.81 bits per heavy atom. The van der Waals surface area contributed by atoms with Crippen molar-refractivity contribution in [1.29, 1.82) is 5.26 Å². The number of hydrogen-bond donors (Lipinski definition) is 1. The quantitative estimate of drug-likeness (QED) is 0.819. The number of amides is 1. The molecule has 1 amide bonds. The number of benzene rings is 1. The van der Waals surface area contributed by atoms with Gasteiger partial charge in [-0.15, -0.1) is 0 Å². The lowest BCUT2D eigenvalue weighted by atomic mass is 10.1. The number of piperazine rings is 1. The van der Waals surface area contributed by atoms with Gasteiger partial charge in [-0.3, -0.25) is 9.69 Å². The largest absolute Gasteiger partial charge is 0.438 e. The van der Waals surface area contributed by atoms with Gasteiger partial charge in [0.1, 0.15) is 0 Å². The SMILES string of the molecule is CNS(=O)(=O)c1ccc(C(=O)N2CCN(Cc3ccc(C#N)cc3)CC2)o1. The van der Waals surface area contributed by atoms with Gasteiger partial charge in [0.2, 0.25) is 5.09 Å². The van der Waals surface area contributed by atoms with E-state index in [9.17, 15) is 13.2 Å². The van der Waals surface area contributed by atoms with E-state index in [1.807, 2.05) is 12.1 Å². The predicted octanol–water partition coefficient (Wildman–Crippen LogP) is 1.02. The molecule has 1 fully saturated rings. The highest BCUT2D eigenvalue weighted by atomic mass is 32.2. The first-order valence-electron chi connectivity index (χ1n) is 8.47. The zero-order valence-electron chi connectivity index (χ0n) is 14.9. The van der Waals surface area contributed by atoms with Crippen LogP contribution in [0.25, 0.3) is 0 Å². The molecular weight excluding hydrogens is 368 g/mol. The van der Waals surface area contributed by atoms with Crippen LogP contribution in [-0.4, -0.2) is 57.4 Å². The Kier molecular flexibility index (Phi) is 5.60. The lowest BCUT2D eigenvalue weighted by Crippen LogP contribution is -2.48. The molecular formula is C18H20N4O4S. The lowest BCUT2D eigenvalue weighted by Gasteiger charge is -2.34. The summed E-state index contributed by atoms with van der Waals surface area (Å²) in [4.78, 5) is 16.4. The molecule has 0 aliphatic carbocycles. The van der Waals surface area contributed by atoms with Crippen molar-refractivity contribution < 1.29 is 17.6 Å². The number of carbonyl (C=O) groups excluding carboxylic acids is 1. The Morgan fingerprint density at radius 1 is 1.15 bits per heavy atom. The van der Waals surface area contributed by atoms with Crippen LogP contribution in [-0.2, 0) is 16.6 Å². The maximum absolute atomic E-state index is 12.5. The smallest absolute Gasteiger partial charge is 0.289 e. The predicted molar refractivity (Wildman–Crippen MR) is 97.3 cm³/mol. The number of nitrogens with one attached hydrogen (secondary N) is 1. The van der Waals surface area contributed by atoms with E-state index in [2.05, 4.69) is 15.7 Å². The van der Waals surface area contributed by atoms with Crippen molar-refractivity contribution >= 4 is 15.9 Å². The number of carbonyl (C=O) groups is 1. The second-order valence-electron chi connectivity index (χ2n) is 6.20. The molecule has 9 heteroatoms. The van der Waals surface area contributed by atoms with Crippen molar-refractivity contribution in [2.75, 3.05) is 33.2 Å². The second kappa shape index (κ2) is 7.92. The van der Waals surface area contributed by atoms with Crippen LogP contribution in [0, 0.1) is 11.3 Å². The topological polar surface area (TPSA) is 107 Å². The van der Waals surface area contributed by atoms with Gasteiger partial charge in [-0.2, -0.15) is 5.26 Å². The van der Waals surface area contributed by atoms with E-state index in [1.165, 1.54) is 19.2 Å². The standard InChI is InChI=1S/C18H20N4O4S/c1-20-27(24,25)17-7-6-16(26-17)18(23)22-10-8-21(9-11-22)13-15-4-2-14(12-19)3-5-15/h2-7,20H,8-11,13H2,1H3. The third-order valence-electron chi connectivity index (χ3n) is 4.47. The van der Waals surface area contributed by atoms with Crippen LogP contribution >= 0.6 is 0 Å². The summed E-state index contributed by atoms with van der Waals surface area (Å²) in [5, 5.41) is 8.57. The Labute approximate surface area is 158 Å². The van der Waals surface area contributed by atoms with Gasteiger partial charge in [0.15, 0.2) is 5.76 Å². The highest BCUT2D eigenvalue weighted by Crippen LogP contribution is 2.17. The van der Waals surface area contributed by atoms with Crippen LogP contribution in [0.5, 0.6) is 0 Å². The van der Waals surface area contributed by atoms with Crippen molar-refractivity contribution in [2.45, 2.75) is 11.6 Å². The van der Waals surface area contributed by atoms with Gasteiger partial charge < -0.3 is 9.32 Å². The molecule has 1 N–H and O–H groups in total. The molecule has 2 aromatic rings. The molecule has 3 rings (SSSR count). The molecule has 0 saturated carbocycles. The molecule has 1 saturated heterocycles. The van der Waals surface area contributed by atoms with Crippen LogP contribution in [0.15, 0.2) is 45.9 Å². The summed E-state index contributed by atoms with van der Waals surface area (Å²) in [6.45, 7) is 3.22. The van der Waals surface area contributed by atoms with Gasteiger partial charge in [-0.05, 0) is 36.9 Å². The fourth-order valence-electron chi connectivity index (χ4n) is 2.89. The maximum atomic E-state index is 12.5.